The average Bonchev–Trinajstić information content (AvgIpc) is 3.15. The molecule has 0 saturated carbocycles. The second-order valence-electron chi connectivity index (χ2n) is 7.63. The van der Waals surface area contributed by atoms with Crippen LogP contribution < -0.4 is 11.1 Å². The van der Waals surface area contributed by atoms with E-state index in [1.165, 1.54) is 11.8 Å². The average molecular weight is 500 g/mol. The zero-order chi connectivity index (χ0) is 23.8. The van der Waals surface area contributed by atoms with E-state index in [1.807, 2.05) is 18.2 Å². The Balaban J connectivity index is 1.52. The van der Waals surface area contributed by atoms with Crippen LogP contribution >= 0.6 is 11.8 Å². The summed E-state index contributed by atoms with van der Waals surface area (Å²) in [4.78, 5) is 22.3. The van der Waals surface area contributed by atoms with Gasteiger partial charge < -0.3 is 16.0 Å². The number of amides is 1. The minimum absolute atomic E-state index is 0.165. The fourth-order valence-corrected chi connectivity index (χ4v) is 5.89. The maximum absolute atomic E-state index is 13.0. The molecule has 1 amide bonds. The molecule has 4 rings (SSSR count). The minimum atomic E-state index is -4.68. The van der Waals surface area contributed by atoms with Gasteiger partial charge in [-0.25, -0.2) is 18.4 Å². The fraction of sp³-hybridized carbons (Fsp3) is 0.350. The summed E-state index contributed by atoms with van der Waals surface area (Å²) in [6, 6.07) is 6.37. The summed E-state index contributed by atoms with van der Waals surface area (Å²) in [5.74, 6) is -1.02. The zero-order valence-corrected chi connectivity index (χ0v) is 18.9. The lowest BCUT2D eigenvalue weighted by molar-refractivity contribution is -0.141. The van der Waals surface area contributed by atoms with Gasteiger partial charge >= 0.3 is 6.18 Å². The van der Waals surface area contributed by atoms with Gasteiger partial charge in [0.05, 0.1) is 22.2 Å². The first-order valence-corrected chi connectivity index (χ1v) is 12.6. The van der Waals surface area contributed by atoms with Crippen LogP contribution in [-0.4, -0.2) is 60.3 Å². The number of nitrogens with two attached hydrogens (primary N) is 1. The number of aromatic nitrogens is 2. The standard InChI is InChI=1S/C20H20F3N5O3S2/c21-20(22,23)15-3-5-25-18(27-15)16(17(24)29)19-26-13-2-1-12(11-14(13)32-19)4-6-28-7-9-33(30,31)10-8-28/h1-3,5,11,26H,4,6-10H2,(H2,24,29)/b19-16-. The number of anilines is 1. The second kappa shape index (κ2) is 8.95. The summed E-state index contributed by atoms with van der Waals surface area (Å²) in [5.41, 5.74) is 5.77. The molecule has 8 nitrogen and oxygen atoms in total. The van der Waals surface area contributed by atoms with Crippen LogP contribution in [0.2, 0.25) is 0 Å². The van der Waals surface area contributed by atoms with Gasteiger partial charge in [0.1, 0.15) is 11.3 Å². The lowest BCUT2D eigenvalue weighted by atomic mass is 10.1. The Bertz CT molecular complexity index is 1220. The normalized spacial score (nSPS) is 19.6. The Hall–Kier alpha value is -2.64. The van der Waals surface area contributed by atoms with Crippen molar-refractivity contribution in [3.05, 3.63) is 52.6 Å². The van der Waals surface area contributed by atoms with Gasteiger partial charge in [0, 0.05) is 30.7 Å². The Kier molecular flexibility index (Phi) is 6.38. The number of sulfone groups is 1. The molecule has 3 N–H and O–H groups in total. The molecule has 0 bridgehead atoms. The van der Waals surface area contributed by atoms with Crippen molar-refractivity contribution in [3.8, 4) is 0 Å². The molecule has 33 heavy (non-hydrogen) atoms. The fourth-order valence-electron chi connectivity index (χ4n) is 3.50. The molecule has 2 aliphatic heterocycles. The molecule has 0 unspecified atom stereocenters. The topological polar surface area (TPSA) is 118 Å². The van der Waals surface area contributed by atoms with Crippen molar-refractivity contribution in [1.29, 1.82) is 0 Å². The molecule has 1 aromatic carbocycles. The molecular weight excluding hydrogens is 479 g/mol. The smallest absolute Gasteiger partial charge is 0.365 e. The van der Waals surface area contributed by atoms with Gasteiger partial charge in [-0.05, 0) is 30.2 Å². The quantitative estimate of drug-likeness (QED) is 0.601. The van der Waals surface area contributed by atoms with E-state index in [2.05, 4.69) is 20.2 Å². The van der Waals surface area contributed by atoms with Crippen molar-refractivity contribution in [3.63, 3.8) is 0 Å². The highest BCUT2D eigenvalue weighted by molar-refractivity contribution is 8.04. The van der Waals surface area contributed by atoms with E-state index in [4.69, 9.17) is 5.73 Å². The summed E-state index contributed by atoms with van der Waals surface area (Å²) in [5, 5.41) is 3.28. The lowest BCUT2D eigenvalue weighted by Gasteiger charge is -2.26. The SMILES string of the molecule is NC(=O)/C(=C1\Nc2ccc(CCN3CCS(=O)(=O)CC3)cc2S1)c1nccc(C(F)(F)F)n1. The third-order valence-corrected chi connectivity index (χ3v) is 7.98. The van der Waals surface area contributed by atoms with Gasteiger partial charge in [-0.1, -0.05) is 17.8 Å². The van der Waals surface area contributed by atoms with E-state index in [-0.39, 0.29) is 22.1 Å². The molecule has 0 aliphatic carbocycles. The van der Waals surface area contributed by atoms with Gasteiger partial charge in [-0.3, -0.25) is 4.79 Å². The van der Waals surface area contributed by atoms with E-state index in [0.717, 1.165) is 22.7 Å². The van der Waals surface area contributed by atoms with Gasteiger partial charge in [0.15, 0.2) is 15.7 Å². The number of hydrogen-bond donors (Lipinski definition) is 2. The van der Waals surface area contributed by atoms with E-state index in [0.29, 0.717) is 31.7 Å². The van der Waals surface area contributed by atoms with E-state index >= 15 is 0 Å². The summed E-state index contributed by atoms with van der Waals surface area (Å²) >= 11 is 1.17. The van der Waals surface area contributed by atoms with E-state index in [9.17, 15) is 26.4 Å². The Morgan fingerprint density at radius 1 is 1.21 bits per heavy atom. The molecular formula is C20H20F3N5O3S2. The highest BCUT2D eigenvalue weighted by Crippen LogP contribution is 2.44. The van der Waals surface area contributed by atoms with Crippen LogP contribution in [0.25, 0.3) is 5.57 Å². The number of carbonyl (C=O) groups excluding carboxylic acids is 1. The number of alkyl halides is 3. The van der Waals surface area contributed by atoms with Crippen LogP contribution in [0.5, 0.6) is 0 Å². The number of fused-ring (bicyclic) bond motifs is 1. The van der Waals surface area contributed by atoms with Crippen molar-refractivity contribution < 1.29 is 26.4 Å². The highest BCUT2D eigenvalue weighted by atomic mass is 32.2. The number of halogens is 3. The number of nitrogens with one attached hydrogen (secondary N) is 1. The first-order chi connectivity index (χ1) is 15.5. The number of benzene rings is 1. The van der Waals surface area contributed by atoms with Gasteiger partial charge in [-0.2, -0.15) is 13.2 Å². The minimum Gasteiger partial charge on any atom is -0.365 e. The highest BCUT2D eigenvalue weighted by Gasteiger charge is 2.34. The third kappa shape index (κ3) is 5.47. The molecule has 0 atom stereocenters. The van der Waals surface area contributed by atoms with Crippen LogP contribution in [-0.2, 0) is 27.2 Å². The Morgan fingerprint density at radius 2 is 1.94 bits per heavy atom. The summed E-state index contributed by atoms with van der Waals surface area (Å²) < 4.78 is 62.2. The number of carbonyl (C=O) groups is 1. The Morgan fingerprint density at radius 3 is 2.61 bits per heavy atom. The molecule has 176 valence electrons. The van der Waals surface area contributed by atoms with Crippen molar-refractivity contribution in [2.75, 3.05) is 36.5 Å². The predicted molar refractivity (Wildman–Crippen MR) is 118 cm³/mol. The molecule has 3 heterocycles. The monoisotopic (exact) mass is 499 g/mol. The second-order valence-corrected chi connectivity index (χ2v) is 11.0. The number of nitrogens with zero attached hydrogens (tertiary/aromatic N) is 3. The first kappa shape index (κ1) is 23.5. The van der Waals surface area contributed by atoms with E-state index < -0.39 is 33.4 Å². The van der Waals surface area contributed by atoms with Crippen LogP contribution in [0, 0.1) is 0 Å². The van der Waals surface area contributed by atoms with Crippen molar-refractivity contribution in [2.24, 2.45) is 5.73 Å². The molecule has 2 aromatic rings. The predicted octanol–water partition coefficient (Wildman–Crippen LogP) is 2.14. The number of hydrogen-bond acceptors (Lipinski definition) is 8. The maximum Gasteiger partial charge on any atom is 0.433 e. The van der Waals surface area contributed by atoms with E-state index in [1.54, 1.807) is 0 Å². The molecule has 1 fully saturated rings. The molecule has 13 heteroatoms. The lowest BCUT2D eigenvalue weighted by Crippen LogP contribution is -2.41. The molecule has 1 saturated heterocycles. The van der Waals surface area contributed by atoms with Crippen molar-refractivity contribution in [1.82, 2.24) is 14.9 Å². The molecule has 0 spiro atoms. The summed E-state index contributed by atoms with van der Waals surface area (Å²) in [6.45, 7) is 1.73. The summed E-state index contributed by atoms with van der Waals surface area (Å²) in [6.07, 6.45) is -3.05. The summed E-state index contributed by atoms with van der Waals surface area (Å²) in [7, 11) is -2.93. The molecule has 1 aromatic heterocycles. The van der Waals surface area contributed by atoms with Crippen LogP contribution in [0.3, 0.4) is 0 Å². The first-order valence-electron chi connectivity index (χ1n) is 9.97. The molecule has 2 aliphatic rings. The zero-order valence-electron chi connectivity index (χ0n) is 17.2. The largest absolute Gasteiger partial charge is 0.433 e. The number of rotatable bonds is 5. The number of primary amides is 1. The molecule has 0 radical (unpaired) electrons. The Labute approximate surface area is 192 Å². The van der Waals surface area contributed by atoms with Crippen LogP contribution in [0.4, 0.5) is 18.9 Å². The third-order valence-electron chi connectivity index (χ3n) is 5.30. The van der Waals surface area contributed by atoms with Gasteiger partial charge in [-0.15, -0.1) is 0 Å². The maximum atomic E-state index is 13.0. The van der Waals surface area contributed by atoms with Gasteiger partial charge in [0.2, 0.25) is 0 Å². The number of thioether (sulfide) groups is 1. The van der Waals surface area contributed by atoms with Crippen molar-refractivity contribution in [2.45, 2.75) is 17.5 Å². The van der Waals surface area contributed by atoms with Crippen LogP contribution in [0.15, 0.2) is 40.4 Å². The van der Waals surface area contributed by atoms with Crippen LogP contribution in [0.1, 0.15) is 17.1 Å². The van der Waals surface area contributed by atoms with Crippen molar-refractivity contribution >= 4 is 38.8 Å². The van der Waals surface area contributed by atoms with Gasteiger partial charge in [0.25, 0.3) is 5.91 Å².